The molecule has 1 aliphatic carbocycles. The fourth-order valence-electron chi connectivity index (χ4n) is 2.80. The molecule has 1 fully saturated rings. The van der Waals surface area contributed by atoms with E-state index < -0.39 is 0 Å². The minimum absolute atomic E-state index is 0.539. The second-order valence-corrected chi connectivity index (χ2v) is 7.10. The highest BCUT2D eigenvalue weighted by Crippen LogP contribution is 2.25. The topological polar surface area (TPSA) is 37.0 Å². The molecule has 112 valence electrons. The van der Waals surface area contributed by atoms with Crippen LogP contribution in [0, 0.1) is 0 Å². The average molecular weight is 319 g/mol. The molecule has 0 amide bonds. The van der Waals surface area contributed by atoms with Crippen molar-refractivity contribution in [3.63, 3.8) is 0 Å². The molecule has 1 aromatic heterocycles. The van der Waals surface area contributed by atoms with E-state index in [0.717, 1.165) is 22.7 Å². The lowest BCUT2D eigenvalue weighted by Crippen LogP contribution is -2.38. The van der Waals surface area contributed by atoms with Gasteiger partial charge in [-0.1, -0.05) is 26.2 Å². The van der Waals surface area contributed by atoms with E-state index in [2.05, 4.69) is 40.7 Å². The number of nitrogens with one attached hydrogen (secondary N) is 2. The van der Waals surface area contributed by atoms with Crippen LogP contribution in [0.3, 0.4) is 0 Å². The van der Waals surface area contributed by atoms with Crippen LogP contribution in [0.1, 0.15) is 44.0 Å². The molecule has 0 bridgehead atoms. The second-order valence-electron chi connectivity index (χ2n) is 5.58. The van der Waals surface area contributed by atoms with Gasteiger partial charge in [0.15, 0.2) is 5.11 Å². The molecule has 0 radical (unpaired) electrons. The first-order valence-electron chi connectivity index (χ1n) is 7.71. The average Bonchev–Trinajstić information content (AvgIpc) is 2.90. The minimum Gasteiger partial charge on any atom is -0.360 e. The Balaban J connectivity index is 1.64. The minimum atomic E-state index is 0.539. The Morgan fingerprint density at radius 2 is 2.14 bits per heavy atom. The van der Waals surface area contributed by atoms with Crippen LogP contribution in [-0.4, -0.2) is 16.1 Å². The van der Waals surface area contributed by atoms with Crippen molar-refractivity contribution in [3.8, 4) is 0 Å². The van der Waals surface area contributed by atoms with Gasteiger partial charge in [-0.15, -0.1) is 11.3 Å². The van der Waals surface area contributed by atoms with E-state index in [1.54, 1.807) is 11.3 Å². The molecule has 1 heterocycles. The van der Waals surface area contributed by atoms with Crippen molar-refractivity contribution < 1.29 is 0 Å². The number of thiazole rings is 1. The van der Waals surface area contributed by atoms with Crippen LogP contribution in [0.15, 0.2) is 18.2 Å². The molecule has 2 aromatic rings. The largest absolute Gasteiger partial charge is 0.360 e. The molecular formula is C16H21N3S2. The molecule has 0 saturated heterocycles. The molecule has 0 unspecified atom stereocenters. The van der Waals surface area contributed by atoms with Crippen LogP contribution in [0.5, 0.6) is 0 Å². The van der Waals surface area contributed by atoms with Crippen LogP contribution in [0.2, 0.25) is 0 Å². The van der Waals surface area contributed by atoms with Gasteiger partial charge in [-0.25, -0.2) is 4.98 Å². The molecule has 0 aliphatic heterocycles. The number of fused-ring (bicyclic) bond motifs is 1. The predicted molar refractivity (Wildman–Crippen MR) is 95.2 cm³/mol. The van der Waals surface area contributed by atoms with E-state index in [4.69, 9.17) is 12.2 Å². The van der Waals surface area contributed by atoms with Crippen molar-refractivity contribution in [1.29, 1.82) is 0 Å². The second kappa shape index (κ2) is 6.71. The van der Waals surface area contributed by atoms with Gasteiger partial charge in [-0.2, -0.15) is 0 Å². The summed E-state index contributed by atoms with van der Waals surface area (Å²) in [4.78, 5) is 4.59. The highest BCUT2D eigenvalue weighted by molar-refractivity contribution is 7.80. The van der Waals surface area contributed by atoms with E-state index in [1.165, 1.54) is 41.8 Å². The fourth-order valence-corrected chi connectivity index (χ4v) is 4.03. The number of hydrogen-bond acceptors (Lipinski definition) is 3. The number of hydrogen-bond donors (Lipinski definition) is 2. The van der Waals surface area contributed by atoms with E-state index in [-0.39, 0.29) is 0 Å². The predicted octanol–water partition coefficient (Wildman–Crippen LogP) is 4.48. The summed E-state index contributed by atoms with van der Waals surface area (Å²) >= 11 is 7.19. The highest BCUT2D eigenvalue weighted by atomic mass is 32.1. The van der Waals surface area contributed by atoms with Gasteiger partial charge in [0.2, 0.25) is 0 Å². The van der Waals surface area contributed by atoms with E-state index >= 15 is 0 Å². The molecular weight excluding hydrogens is 298 g/mol. The molecule has 0 spiro atoms. The summed E-state index contributed by atoms with van der Waals surface area (Å²) < 4.78 is 1.22. The lowest BCUT2D eigenvalue weighted by atomic mass is 9.96. The van der Waals surface area contributed by atoms with Crippen molar-refractivity contribution in [2.24, 2.45) is 0 Å². The first kappa shape index (κ1) is 14.7. The van der Waals surface area contributed by atoms with Crippen LogP contribution in [-0.2, 0) is 6.42 Å². The van der Waals surface area contributed by atoms with Crippen LogP contribution in [0.4, 0.5) is 5.69 Å². The monoisotopic (exact) mass is 319 g/mol. The summed E-state index contributed by atoms with van der Waals surface area (Å²) in [7, 11) is 0. The normalized spacial score (nSPS) is 16.0. The Bertz CT molecular complexity index is 629. The molecule has 1 aliphatic rings. The number of aryl methyl sites for hydroxylation is 1. The summed E-state index contributed by atoms with van der Waals surface area (Å²) in [6, 6.07) is 6.80. The Morgan fingerprint density at radius 1 is 1.33 bits per heavy atom. The third-order valence-corrected chi connectivity index (χ3v) is 5.32. The van der Waals surface area contributed by atoms with Gasteiger partial charge >= 0.3 is 0 Å². The SMILES string of the molecule is CCc1nc2ccc(NC(=S)NC3CCCCC3)cc2s1. The summed E-state index contributed by atoms with van der Waals surface area (Å²) in [5.74, 6) is 0. The van der Waals surface area contributed by atoms with Crippen LogP contribution in [0.25, 0.3) is 10.2 Å². The van der Waals surface area contributed by atoms with Crippen molar-refractivity contribution in [1.82, 2.24) is 10.3 Å². The summed E-state index contributed by atoms with van der Waals surface area (Å²) in [5, 5.41) is 8.67. The molecule has 2 N–H and O–H groups in total. The maximum Gasteiger partial charge on any atom is 0.170 e. The highest BCUT2D eigenvalue weighted by Gasteiger charge is 2.14. The summed E-state index contributed by atoms with van der Waals surface area (Å²) in [5.41, 5.74) is 2.12. The van der Waals surface area contributed by atoms with Gasteiger partial charge in [0.25, 0.3) is 0 Å². The summed E-state index contributed by atoms with van der Waals surface area (Å²) in [6.45, 7) is 2.14. The molecule has 1 saturated carbocycles. The maximum atomic E-state index is 5.43. The first-order valence-corrected chi connectivity index (χ1v) is 8.94. The van der Waals surface area contributed by atoms with Crippen molar-refractivity contribution in [2.45, 2.75) is 51.5 Å². The number of benzene rings is 1. The Hall–Kier alpha value is -1.20. The Labute approximate surface area is 135 Å². The number of aromatic nitrogens is 1. The first-order chi connectivity index (χ1) is 10.2. The zero-order chi connectivity index (χ0) is 14.7. The van der Waals surface area contributed by atoms with E-state index in [9.17, 15) is 0 Å². The smallest absolute Gasteiger partial charge is 0.170 e. The Kier molecular flexibility index (Phi) is 4.70. The van der Waals surface area contributed by atoms with Crippen LogP contribution < -0.4 is 10.6 Å². The van der Waals surface area contributed by atoms with Gasteiger partial charge in [-0.3, -0.25) is 0 Å². The van der Waals surface area contributed by atoms with Crippen molar-refractivity contribution >= 4 is 44.6 Å². The Morgan fingerprint density at radius 3 is 2.90 bits per heavy atom. The molecule has 3 nitrogen and oxygen atoms in total. The van der Waals surface area contributed by atoms with Gasteiger partial charge in [0.1, 0.15) is 0 Å². The third kappa shape index (κ3) is 3.71. The zero-order valence-corrected chi connectivity index (χ0v) is 13.9. The quantitative estimate of drug-likeness (QED) is 0.818. The number of thiocarbonyl (C=S) groups is 1. The van der Waals surface area contributed by atoms with Crippen LogP contribution >= 0.6 is 23.6 Å². The molecule has 3 rings (SSSR count). The fraction of sp³-hybridized carbons (Fsp3) is 0.500. The molecule has 5 heteroatoms. The lowest BCUT2D eigenvalue weighted by Gasteiger charge is -2.24. The van der Waals surface area contributed by atoms with Gasteiger partial charge < -0.3 is 10.6 Å². The maximum absolute atomic E-state index is 5.43. The van der Waals surface area contributed by atoms with E-state index in [1.807, 2.05) is 0 Å². The molecule has 0 atom stereocenters. The summed E-state index contributed by atoms with van der Waals surface area (Å²) in [6.07, 6.45) is 7.44. The van der Waals surface area contributed by atoms with Crippen molar-refractivity contribution in [2.75, 3.05) is 5.32 Å². The van der Waals surface area contributed by atoms with Gasteiger partial charge in [0.05, 0.1) is 15.2 Å². The molecule has 1 aromatic carbocycles. The number of rotatable bonds is 3. The lowest BCUT2D eigenvalue weighted by molar-refractivity contribution is 0.415. The van der Waals surface area contributed by atoms with E-state index in [0.29, 0.717) is 6.04 Å². The van der Waals surface area contributed by atoms with Gasteiger partial charge in [-0.05, 0) is 49.7 Å². The standard InChI is InChI=1S/C16H21N3S2/c1-2-15-19-13-9-8-12(10-14(13)21-15)18-16(20)17-11-6-4-3-5-7-11/h8-11H,2-7H2,1H3,(H2,17,18,20). The third-order valence-electron chi connectivity index (χ3n) is 3.93. The zero-order valence-electron chi connectivity index (χ0n) is 12.3. The van der Waals surface area contributed by atoms with Crippen molar-refractivity contribution in [3.05, 3.63) is 23.2 Å². The number of anilines is 1. The van der Waals surface area contributed by atoms with Gasteiger partial charge in [0, 0.05) is 11.7 Å². The number of nitrogens with zero attached hydrogens (tertiary/aromatic N) is 1. The molecule has 21 heavy (non-hydrogen) atoms.